The quantitative estimate of drug-likeness (QED) is 0.695. The van der Waals surface area contributed by atoms with Crippen LogP contribution in [-0.4, -0.2) is 29.9 Å². The number of hydrogen-bond donors (Lipinski definition) is 1. The second kappa shape index (κ2) is 4.61. The normalized spacial score (nSPS) is 29.0. The maximum absolute atomic E-state index is 11.4. The summed E-state index contributed by atoms with van der Waals surface area (Å²) in [4.78, 5) is 13.4. The molecule has 1 saturated heterocycles. The molecule has 1 fully saturated rings. The van der Waals surface area contributed by atoms with Crippen molar-refractivity contribution in [3.8, 4) is 0 Å². The summed E-state index contributed by atoms with van der Waals surface area (Å²) in [6.07, 6.45) is 3.55. The van der Waals surface area contributed by atoms with Gasteiger partial charge in [-0.1, -0.05) is 13.3 Å². The number of carbonyl (C=O) groups excluding carboxylic acids is 1. The highest BCUT2D eigenvalue weighted by atomic mass is 16.2. The van der Waals surface area contributed by atoms with Gasteiger partial charge in [-0.3, -0.25) is 4.79 Å². The van der Waals surface area contributed by atoms with Gasteiger partial charge < -0.3 is 10.6 Å². The molecular formula is C10H20N2O. The van der Waals surface area contributed by atoms with E-state index in [1.54, 1.807) is 0 Å². The van der Waals surface area contributed by atoms with E-state index in [9.17, 15) is 4.79 Å². The predicted octanol–water partition coefficient (Wildman–Crippen LogP) is 0.982. The van der Waals surface area contributed by atoms with Gasteiger partial charge in [-0.25, -0.2) is 0 Å². The molecule has 2 unspecified atom stereocenters. The van der Waals surface area contributed by atoms with Crippen LogP contribution >= 0.6 is 0 Å². The molecule has 0 bridgehead atoms. The Balaban J connectivity index is 2.54. The third kappa shape index (κ3) is 2.44. The third-order valence-corrected chi connectivity index (χ3v) is 3.05. The second-order valence-electron chi connectivity index (χ2n) is 3.95. The number of nitrogens with zero attached hydrogens (tertiary/aromatic N) is 1. The molecule has 1 rings (SSSR count). The van der Waals surface area contributed by atoms with Gasteiger partial charge in [-0.15, -0.1) is 0 Å². The summed E-state index contributed by atoms with van der Waals surface area (Å²) >= 11 is 0. The molecule has 3 nitrogen and oxygen atoms in total. The maximum Gasteiger partial charge on any atom is 0.236 e. The first-order chi connectivity index (χ1) is 6.19. The Labute approximate surface area is 80.3 Å². The van der Waals surface area contributed by atoms with E-state index in [2.05, 4.69) is 13.8 Å². The number of likely N-dealkylation sites (tertiary alicyclic amines) is 1. The van der Waals surface area contributed by atoms with Crippen LogP contribution < -0.4 is 5.73 Å². The first-order valence-electron chi connectivity index (χ1n) is 5.18. The minimum atomic E-state index is 0.102. The summed E-state index contributed by atoms with van der Waals surface area (Å²) in [7, 11) is 0. The molecule has 0 spiro atoms. The molecule has 0 saturated carbocycles. The van der Waals surface area contributed by atoms with Crippen LogP contribution in [0, 0.1) is 5.92 Å². The van der Waals surface area contributed by atoms with Gasteiger partial charge in [0.05, 0.1) is 6.54 Å². The molecule has 1 amide bonds. The van der Waals surface area contributed by atoms with Gasteiger partial charge in [0, 0.05) is 12.6 Å². The summed E-state index contributed by atoms with van der Waals surface area (Å²) in [5, 5.41) is 0. The van der Waals surface area contributed by atoms with Gasteiger partial charge in [0.15, 0.2) is 0 Å². The van der Waals surface area contributed by atoms with Crippen molar-refractivity contribution < 1.29 is 4.79 Å². The van der Waals surface area contributed by atoms with Crippen molar-refractivity contribution in [1.82, 2.24) is 4.90 Å². The number of piperidine rings is 1. The molecule has 0 radical (unpaired) electrons. The number of nitrogens with two attached hydrogens (primary N) is 1. The van der Waals surface area contributed by atoms with Crippen LogP contribution in [0.5, 0.6) is 0 Å². The fraction of sp³-hybridized carbons (Fsp3) is 0.900. The van der Waals surface area contributed by atoms with Crippen LogP contribution in [0.4, 0.5) is 0 Å². The van der Waals surface area contributed by atoms with Crippen LogP contribution in [-0.2, 0) is 4.79 Å². The molecule has 0 aromatic carbocycles. The third-order valence-electron chi connectivity index (χ3n) is 3.05. The highest BCUT2D eigenvalue weighted by molar-refractivity contribution is 5.78. The SMILES string of the molecule is CCC1CCC(C)N(C(=O)CN)C1. The molecule has 13 heavy (non-hydrogen) atoms. The zero-order chi connectivity index (χ0) is 9.84. The number of hydrogen-bond acceptors (Lipinski definition) is 2. The highest BCUT2D eigenvalue weighted by Gasteiger charge is 2.26. The first-order valence-corrected chi connectivity index (χ1v) is 5.18. The highest BCUT2D eigenvalue weighted by Crippen LogP contribution is 2.23. The van der Waals surface area contributed by atoms with E-state index in [1.807, 2.05) is 4.90 Å². The summed E-state index contributed by atoms with van der Waals surface area (Å²) < 4.78 is 0. The van der Waals surface area contributed by atoms with E-state index in [0.717, 1.165) is 13.0 Å². The Kier molecular flexibility index (Phi) is 3.72. The van der Waals surface area contributed by atoms with Crippen molar-refractivity contribution in [2.45, 2.75) is 39.2 Å². The van der Waals surface area contributed by atoms with Gasteiger partial charge in [0.2, 0.25) is 5.91 Å². The minimum Gasteiger partial charge on any atom is -0.339 e. The second-order valence-corrected chi connectivity index (χ2v) is 3.95. The van der Waals surface area contributed by atoms with Gasteiger partial charge in [0.1, 0.15) is 0 Å². The Hall–Kier alpha value is -0.570. The van der Waals surface area contributed by atoms with Crippen molar-refractivity contribution in [1.29, 1.82) is 0 Å². The standard InChI is InChI=1S/C10H20N2O/c1-3-9-5-4-8(2)12(7-9)10(13)6-11/h8-9H,3-7,11H2,1-2H3. The molecule has 2 atom stereocenters. The number of amides is 1. The lowest BCUT2D eigenvalue weighted by Crippen LogP contribution is -2.47. The van der Waals surface area contributed by atoms with E-state index in [0.29, 0.717) is 12.0 Å². The Morgan fingerprint density at radius 3 is 2.77 bits per heavy atom. The topological polar surface area (TPSA) is 46.3 Å². The van der Waals surface area contributed by atoms with Crippen LogP contribution in [0.15, 0.2) is 0 Å². The van der Waals surface area contributed by atoms with Crippen molar-refractivity contribution >= 4 is 5.91 Å². The predicted molar refractivity (Wildman–Crippen MR) is 53.2 cm³/mol. The summed E-state index contributed by atoms with van der Waals surface area (Å²) in [5.41, 5.74) is 5.36. The van der Waals surface area contributed by atoms with Crippen LogP contribution in [0.3, 0.4) is 0 Å². The first kappa shape index (κ1) is 10.5. The van der Waals surface area contributed by atoms with Crippen LogP contribution in [0.1, 0.15) is 33.1 Å². The monoisotopic (exact) mass is 184 g/mol. The van der Waals surface area contributed by atoms with Crippen molar-refractivity contribution in [2.24, 2.45) is 11.7 Å². The van der Waals surface area contributed by atoms with Crippen molar-refractivity contribution in [3.05, 3.63) is 0 Å². The smallest absolute Gasteiger partial charge is 0.236 e. The number of carbonyl (C=O) groups is 1. The molecular weight excluding hydrogens is 164 g/mol. The van der Waals surface area contributed by atoms with Crippen molar-refractivity contribution in [3.63, 3.8) is 0 Å². The molecule has 2 N–H and O–H groups in total. The Morgan fingerprint density at radius 2 is 2.23 bits per heavy atom. The average molecular weight is 184 g/mol. The van der Waals surface area contributed by atoms with Gasteiger partial charge in [-0.2, -0.15) is 0 Å². The van der Waals surface area contributed by atoms with E-state index in [-0.39, 0.29) is 12.5 Å². The lowest BCUT2D eigenvalue weighted by Gasteiger charge is -2.37. The summed E-state index contributed by atoms with van der Waals surface area (Å²) in [5.74, 6) is 0.789. The molecule has 76 valence electrons. The van der Waals surface area contributed by atoms with Crippen LogP contribution in [0.25, 0.3) is 0 Å². The maximum atomic E-state index is 11.4. The van der Waals surface area contributed by atoms with Gasteiger partial charge >= 0.3 is 0 Å². The lowest BCUT2D eigenvalue weighted by atomic mass is 9.91. The molecule has 1 aliphatic heterocycles. The number of rotatable bonds is 2. The van der Waals surface area contributed by atoms with Crippen LogP contribution in [0.2, 0.25) is 0 Å². The fourth-order valence-corrected chi connectivity index (χ4v) is 1.98. The molecule has 0 aliphatic carbocycles. The van der Waals surface area contributed by atoms with E-state index in [1.165, 1.54) is 12.8 Å². The average Bonchev–Trinajstić information content (AvgIpc) is 2.17. The lowest BCUT2D eigenvalue weighted by molar-refractivity contribution is -0.134. The zero-order valence-electron chi connectivity index (χ0n) is 8.62. The van der Waals surface area contributed by atoms with Crippen molar-refractivity contribution in [2.75, 3.05) is 13.1 Å². The fourth-order valence-electron chi connectivity index (χ4n) is 1.98. The van der Waals surface area contributed by atoms with E-state index < -0.39 is 0 Å². The minimum absolute atomic E-state index is 0.102. The Morgan fingerprint density at radius 1 is 1.54 bits per heavy atom. The molecule has 1 aliphatic rings. The largest absolute Gasteiger partial charge is 0.339 e. The summed E-state index contributed by atoms with van der Waals surface area (Å²) in [6, 6.07) is 0.388. The van der Waals surface area contributed by atoms with E-state index >= 15 is 0 Å². The molecule has 3 heteroatoms. The summed E-state index contributed by atoms with van der Waals surface area (Å²) in [6.45, 7) is 5.36. The Bertz CT molecular complexity index is 182. The van der Waals surface area contributed by atoms with Gasteiger partial charge in [-0.05, 0) is 25.7 Å². The molecule has 0 aromatic heterocycles. The van der Waals surface area contributed by atoms with E-state index in [4.69, 9.17) is 5.73 Å². The molecule has 1 heterocycles. The molecule has 0 aromatic rings. The van der Waals surface area contributed by atoms with Gasteiger partial charge in [0.25, 0.3) is 0 Å². The zero-order valence-corrected chi connectivity index (χ0v) is 8.62.